The van der Waals surface area contributed by atoms with Crippen LogP contribution in [0.1, 0.15) is 32.4 Å². The van der Waals surface area contributed by atoms with Crippen molar-refractivity contribution in [2.24, 2.45) is 10.4 Å². The van der Waals surface area contributed by atoms with Crippen molar-refractivity contribution in [3.63, 3.8) is 0 Å². The number of rotatable bonds is 1. The fourth-order valence-corrected chi connectivity index (χ4v) is 1.63. The lowest BCUT2D eigenvalue weighted by atomic mass is 9.97. The van der Waals surface area contributed by atoms with E-state index in [4.69, 9.17) is 4.74 Å². The summed E-state index contributed by atoms with van der Waals surface area (Å²) in [7, 11) is 0. The molecule has 1 unspecified atom stereocenters. The Morgan fingerprint density at radius 3 is 2.40 bits per heavy atom. The van der Waals surface area contributed by atoms with Gasteiger partial charge >= 0.3 is 0 Å². The minimum Gasteiger partial charge on any atom is -0.478 e. The molecule has 2 nitrogen and oxygen atoms in total. The molecule has 0 amide bonds. The average molecular weight is 203 g/mol. The van der Waals surface area contributed by atoms with Crippen molar-refractivity contribution in [3.05, 3.63) is 35.9 Å². The first-order valence-electron chi connectivity index (χ1n) is 5.33. The number of aliphatic imine (C=N–C) groups is 1. The smallest absolute Gasteiger partial charge is 0.189 e. The second-order valence-corrected chi connectivity index (χ2v) is 4.92. The molecule has 1 aromatic carbocycles. The Labute approximate surface area is 91.0 Å². The Hall–Kier alpha value is -1.31. The van der Waals surface area contributed by atoms with Gasteiger partial charge in [0.15, 0.2) is 5.90 Å². The van der Waals surface area contributed by atoms with Crippen molar-refractivity contribution in [2.45, 2.75) is 26.8 Å². The van der Waals surface area contributed by atoms with E-state index in [2.05, 4.69) is 37.9 Å². The lowest BCUT2D eigenvalue weighted by Gasteiger charge is -2.16. The molecule has 0 aliphatic carbocycles. The molecule has 1 aliphatic rings. The van der Waals surface area contributed by atoms with Crippen LogP contribution in [-0.4, -0.2) is 12.5 Å². The van der Waals surface area contributed by atoms with Gasteiger partial charge in [-0.2, -0.15) is 0 Å². The number of hydrogen-bond donors (Lipinski definition) is 0. The molecule has 1 atom stereocenters. The van der Waals surface area contributed by atoms with E-state index in [9.17, 15) is 0 Å². The number of hydrogen-bond acceptors (Lipinski definition) is 2. The maximum absolute atomic E-state index is 5.63. The van der Waals surface area contributed by atoms with Crippen LogP contribution in [0.3, 0.4) is 0 Å². The van der Waals surface area contributed by atoms with E-state index in [1.165, 1.54) is 5.56 Å². The fourth-order valence-electron chi connectivity index (χ4n) is 1.63. The van der Waals surface area contributed by atoms with Crippen LogP contribution in [0.2, 0.25) is 0 Å². The molecule has 1 aromatic rings. The van der Waals surface area contributed by atoms with Crippen molar-refractivity contribution < 1.29 is 4.74 Å². The van der Waals surface area contributed by atoms with Crippen molar-refractivity contribution in [1.29, 1.82) is 0 Å². The van der Waals surface area contributed by atoms with Gasteiger partial charge in [0.05, 0.1) is 0 Å². The van der Waals surface area contributed by atoms with E-state index in [1.807, 2.05) is 18.2 Å². The summed E-state index contributed by atoms with van der Waals surface area (Å²) in [5.74, 6) is 0.872. The number of ether oxygens (including phenoxy) is 1. The van der Waals surface area contributed by atoms with Crippen LogP contribution in [0.15, 0.2) is 35.3 Å². The molecule has 0 N–H and O–H groups in total. The minimum atomic E-state index is 0.0174. The Morgan fingerprint density at radius 2 is 1.87 bits per heavy atom. The van der Waals surface area contributed by atoms with Gasteiger partial charge in [-0.3, -0.25) is 0 Å². The van der Waals surface area contributed by atoms with Gasteiger partial charge < -0.3 is 4.74 Å². The SMILES string of the molecule is CC(C)(C)C1=NC(c2ccccc2)CO1. The van der Waals surface area contributed by atoms with Crippen LogP contribution in [-0.2, 0) is 4.74 Å². The van der Waals surface area contributed by atoms with Gasteiger partial charge in [0.25, 0.3) is 0 Å². The lowest BCUT2D eigenvalue weighted by molar-refractivity contribution is 0.283. The van der Waals surface area contributed by atoms with Gasteiger partial charge in [-0.15, -0.1) is 0 Å². The maximum Gasteiger partial charge on any atom is 0.189 e. The second kappa shape index (κ2) is 3.69. The van der Waals surface area contributed by atoms with E-state index in [-0.39, 0.29) is 11.5 Å². The largest absolute Gasteiger partial charge is 0.478 e. The van der Waals surface area contributed by atoms with E-state index in [0.29, 0.717) is 6.61 Å². The van der Waals surface area contributed by atoms with Crippen molar-refractivity contribution in [3.8, 4) is 0 Å². The highest BCUT2D eigenvalue weighted by molar-refractivity contribution is 5.83. The number of benzene rings is 1. The van der Waals surface area contributed by atoms with Gasteiger partial charge in [0.2, 0.25) is 0 Å². The van der Waals surface area contributed by atoms with Crippen LogP contribution in [0, 0.1) is 5.41 Å². The molecular weight excluding hydrogens is 186 g/mol. The van der Waals surface area contributed by atoms with Crippen LogP contribution < -0.4 is 0 Å². The van der Waals surface area contributed by atoms with Crippen LogP contribution in [0.25, 0.3) is 0 Å². The first kappa shape index (κ1) is 10.2. The molecule has 0 saturated heterocycles. The highest BCUT2D eigenvalue weighted by Crippen LogP contribution is 2.29. The molecule has 80 valence electrons. The van der Waals surface area contributed by atoms with E-state index < -0.39 is 0 Å². The topological polar surface area (TPSA) is 21.6 Å². The molecule has 0 bridgehead atoms. The van der Waals surface area contributed by atoms with E-state index in [1.54, 1.807) is 0 Å². The first-order valence-corrected chi connectivity index (χ1v) is 5.33. The predicted octanol–water partition coefficient (Wildman–Crippen LogP) is 3.20. The summed E-state index contributed by atoms with van der Waals surface area (Å²) in [6.07, 6.45) is 0. The van der Waals surface area contributed by atoms with Gasteiger partial charge in [-0.25, -0.2) is 4.99 Å². The normalized spacial score (nSPS) is 21.0. The van der Waals surface area contributed by atoms with E-state index >= 15 is 0 Å². The molecular formula is C13H17NO. The Balaban J connectivity index is 2.20. The third kappa shape index (κ3) is 2.20. The molecule has 1 aliphatic heterocycles. The van der Waals surface area contributed by atoms with Crippen LogP contribution >= 0.6 is 0 Å². The molecule has 15 heavy (non-hydrogen) atoms. The lowest BCUT2D eigenvalue weighted by Crippen LogP contribution is -2.20. The fraction of sp³-hybridized carbons (Fsp3) is 0.462. The molecule has 2 heteroatoms. The molecule has 0 spiro atoms. The zero-order valence-corrected chi connectivity index (χ0v) is 9.53. The van der Waals surface area contributed by atoms with Crippen molar-refractivity contribution in [2.75, 3.05) is 6.61 Å². The predicted molar refractivity (Wildman–Crippen MR) is 62.0 cm³/mol. The van der Waals surface area contributed by atoms with Gasteiger partial charge in [-0.05, 0) is 5.56 Å². The van der Waals surface area contributed by atoms with Crippen LogP contribution in [0.5, 0.6) is 0 Å². The highest BCUT2D eigenvalue weighted by atomic mass is 16.5. The van der Waals surface area contributed by atoms with Gasteiger partial charge in [-0.1, -0.05) is 51.1 Å². The molecule has 0 radical (unpaired) electrons. The summed E-state index contributed by atoms with van der Waals surface area (Å²) in [6, 6.07) is 10.5. The van der Waals surface area contributed by atoms with Crippen molar-refractivity contribution >= 4 is 5.90 Å². The number of nitrogens with zero attached hydrogens (tertiary/aromatic N) is 1. The third-order valence-corrected chi connectivity index (χ3v) is 2.48. The molecule has 2 rings (SSSR count). The third-order valence-electron chi connectivity index (χ3n) is 2.48. The summed E-state index contributed by atoms with van der Waals surface area (Å²) in [5, 5.41) is 0. The highest BCUT2D eigenvalue weighted by Gasteiger charge is 2.28. The summed E-state index contributed by atoms with van der Waals surface area (Å²) in [4.78, 5) is 4.62. The Bertz CT molecular complexity index is 362. The average Bonchev–Trinajstić information content (AvgIpc) is 2.67. The molecule has 0 fully saturated rings. The summed E-state index contributed by atoms with van der Waals surface area (Å²) in [5.41, 5.74) is 1.25. The molecule has 1 heterocycles. The maximum atomic E-state index is 5.63. The summed E-state index contributed by atoms with van der Waals surface area (Å²) >= 11 is 0. The molecule has 0 aromatic heterocycles. The molecule has 0 saturated carbocycles. The minimum absolute atomic E-state index is 0.0174. The zero-order valence-electron chi connectivity index (χ0n) is 9.53. The van der Waals surface area contributed by atoms with Crippen LogP contribution in [0.4, 0.5) is 0 Å². The standard InChI is InChI=1S/C13H17NO/c1-13(2,3)12-14-11(9-15-12)10-7-5-4-6-8-10/h4-8,11H,9H2,1-3H3. The monoisotopic (exact) mass is 203 g/mol. The first-order chi connectivity index (χ1) is 7.07. The van der Waals surface area contributed by atoms with Gasteiger partial charge in [0, 0.05) is 5.41 Å². The quantitative estimate of drug-likeness (QED) is 0.686. The van der Waals surface area contributed by atoms with Crippen molar-refractivity contribution in [1.82, 2.24) is 0 Å². The Morgan fingerprint density at radius 1 is 1.20 bits per heavy atom. The second-order valence-electron chi connectivity index (χ2n) is 4.92. The Kier molecular flexibility index (Phi) is 2.51. The zero-order chi connectivity index (χ0) is 10.9. The van der Waals surface area contributed by atoms with E-state index in [0.717, 1.165) is 5.90 Å². The summed E-state index contributed by atoms with van der Waals surface area (Å²) in [6.45, 7) is 7.05. The summed E-state index contributed by atoms with van der Waals surface area (Å²) < 4.78 is 5.63. The van der Waals surface area contributed by atoms with Gasteiger partial charge in [0.1, 0.15) is 12.6 Å².